The number of halogens is 1. The van der Waals surface area contributed by atoms with E-state index in [2.05, 4.69) is 4.72 Å². The van der Waals surface area contributed by atoms with Crippen molar-refractivity contribution in [1.29, 1.82) is 0 Å². The summed E-state index contributed by atoms with van der Waals surface area (Å²) >= 11 is 5.74. The van der Waals surface area contributed by atoms with E-state index in [1.54, 1.807) is 13.8 Å². The van der Waals surface area contributed by atoms with Gasteiger partial charge in [0.05, 0.1) is 10.6 Å². The van der Waals surface area contributed by atoms with E-state index in [9.17, 15) is 13.5 Å². The molecular formula is C14H13ClNO3S-. The SMILES string of the molecule is Cc1c([O-])ccc(NS(=O)(=O)c2ccc(Cl)cc2)c1C. The van der Waals surface area contributed by atoms with Gasteiger partial charge in [-0.15, -0.1) is 5.75 Å². The van der Waals surface area contributed by atoms with E-state index >= 15 is 0 Å². The van der Waals surface area contributed by atoms with E-state index in [-0.39, 0.29) is 10.6 Å². The average Bonchev–Trinajstić information content (AvgIpc) is 2.40. The smallest absolute Gasteiger partial charge is 0.261 e. The minimum absolute atomic E-state index is 0.114. The van der Waals surface area contributed by atoms with Crippen LogP contribution in [0.1, 0.15) is 11.1 Å². The molecule has 0 unspecified atom stereocenters. The zero-order valence-corrected chi connectivity index (χ0v) is 12.5. The quantitative estimate of drug-likeness (QED) is 0.947. The van der Waals surface area contributed by atoms with Crippen molar-refractivity contribution in [3.63, 3.8) is 0 Å². The highest BCUT2D eigenvalue weighted by atomic mass is 35.5. The van der Waals surface area contributed by atoms with Crippen molar-refractivity contribution < 1.29 is 13.5 Å². The maximum absolute atomic E-state index is 12.2. The van der Waals surface area contributed by atoms with E-state index in [0.29, 0.717) is 21.8 Å². The molecule has 2 aromatic rings. The summed E-state index contributed by atoms with van der Waals surface area (Å²) in [7, 11) is -3.69. The zero-order valence-electron chi connectivity index (χ0n) is 11.0. The first-order valence-electron chi connectivity index (χ1n) is 5.87. The van der Waals surface area contributed by atoms with Crippen LogP contribution in [0.3, 0.4) is 0 Å². The molecule has 0 amide bonds. The Hall–Kier alpha value is -1.72. The lowest BCUT2D eigenvalue weighted by Gasteiger charge is -2.17. The molecule has 0 aromatic heterocycles. The Morgan fingerprint density at radius 1 is 1.00 bits per heavy atom. The summed E-state index contributed by atoms with van der Waals surface area (Å²) in [6.07, 6.45) is 0. The van der Waals surface area contributed by atoms with Gasteiger partial charge in [-0.05, 0) is 49.7 Å². The Kier molecular flexibility index (Phi) is 3.92. The van der Waals surface area contributed by atoms with E-state index in [1.165, 1.54) is 36.4 Å². The van der Waals surface area contributed by atoms with Gasteiger partial charge in [0, 0.05) is 5.02 Å². The number of sulfonamides is 1. The minimum atomic E-state index is -3.69. The molecule has 0 aliphatic heterocycles. The molecule has 1 N–H and O–H groups in total. The largest absolute Gasteiger partial charge is 0.872 e. The van der Waals surface area contributed by atoms with E-state index in [1.807, 2.05) is 0 Å². The summed E-state index contributed by atoms with van der Waals surface area (Å²) < 4.78 is 26.9. The van der Waals surface area contributed by atoms with E-state index < -0.39 is 10.0 Å². The maximum Gasteiger partial charge on any atom is 0.261 e. The van der Waals surface area contributed by atoms with Gasteiger partial charge in [0.15, 0.2) is 0 Å². The number of hydrogen-bond acceptors (Lipinski definition) is 3. The summed E-state index contributed by atoms with van der Waals surface area (Å²) in [5, 5.41) is 11.9. The molecule has 0 fully saturated rings. The lowest BCUT2D eigenvalue weighted by Crippen LogP contribution is -2.14. The van der Waals surface area contributed by atoms with Crippen LogP contribution in [0.5, 0.6) is 5.75 Å². The Bertz CT molecular complexity index is 740. The van der Waals surface area contributed by atoms with Gasteiger partial charge < -0.3 is 5.11 Å². The first kappa shape index (κ1) is 14.7. The van der Waals surface area contributed by atoms with Gasteiger partial charge in [0.2, 0.25) is 0 Å². The molecular weight excluding hydrogens is 298 g/mol. The highest BCUT2D eigenvalue weighted by Gasteiger charge is 2.15. The summed E-state index contributed by atoms with van der Waals surface area (Å²) in [5.41, 5.74) is 1.55. The first-order chi connectivity index (χ1) is 9.31. The lowest BCUT2D eigenvalue weighted by atomic mass is 10.1. The molecule has 0 aliphatic rings. The average molecular weight is 311 g/mol. The second-order valence-corrected chi connectivity index (χ2v) is 6.54. The van der Waals surface area contributed by atoms with Gasteiger partial charge in [-0.1, -0.05) is 23.2 Å². The fourth-order valence-electron chi connectivity index (χ4n) is 1.72. The third-order valence-corrected chi connectivity index (χ3v) is 4.74. The fraction of sp³-hybridized carbons (Fsp3) is 0.143. The highest BCUT2D eigenvalue weighted by molar-refractivity contribution is 7.92. The van der Waals surface area contributed by atoms with Crippen molar-refractivity contribution in [2.45, 2.75) is 18.7 Å². The molecule has 0 heterocycles. The van der Waals surface area contributed by atoms with Crippen LogP contribution in [0.2, 0.25) is 5.02 Å². The molecule has 2 rings (SSSR count). The van der Waals surface area contributed by atoms with E-state index in [0.717, 1.165) is 0 Å². The van der Waals surface area contributed by atoms with Gasteiger partial charge in [0.1, 0.15) is 0 Å². The van der Waals surface area contributed by atoms with Crippen LogP contribution in [0.15, 0.2) is 41.3 Å². The predicted molar refractivity (Wildman–Crippen MR) is 77.6 cm³/mol. The summed E-state index contributed by atoms with van der Waals surface area (Å²) in [5.74, 6) is -0.114. The number of rotatable bonds is 3. The Morgan fingerprint density at radius 2 is 1.60 bits per heavy atom. The topological polar surface area (TPSA) is 69.2 Å². The molecule has 0 atom stereocenters. The summed E-state index contributed by atoms with van der Waals surface area (Å²) in [4.78, 5) is 0.116. The molecule has 0 saturated heterocycles. The third kappa shape index (κ3) is 2.89. The van der Waals surface area contributed by atoms with Gasteiger partial charge in [0.25, 0.3) is 10.0 Å². The Balaban J connectivity index is 2.38. The van der Waals surface area contributed by atoms with Crippen LogP contribution in [0.25, 0.3) is 0 Å². The van der Waals surface area contributed by atoms with Crippen molar-refractivity contribution in [3.05, 3.63) is 52.5 Å². The summed E-state index contributed by atoms with van der Waals surface area (Å²) in [6.45, 7) is 3.37. The molecule has 106 valence electrons. The van der Waals surface area contributed by atoms with Gasteiger partial charge in [-0.3, -0.25) is 4.72 Å². The Morgan fingerprint density at radius 3 is 2.20 bits per heavy atom. The number of hydrogen-bond donors (Lipinski definition) is 1. The van der Waals surface area contributed by atoms with Crippen molar-refractivity contribution in [1.82, 2.24) is 0 Å². The monoisotopic (exact) mass is 310 g/mol. The molecule has 0 saturated carbocycles. The molecule has 2 aromatic carbocycles. The third-order valence-electron chi connectivity index (χ3n) is 3.11. The van der Waals surface area contributed by atoms with Crippen molar-refractivity contribution >= 4 is 27.3 Å². The maximum atomic E-state index is 12.2. The molecule has 4 nitrogen and oxygen atoms in total. The second-order valence-electron chi connectivity index (χ2n) is 4.42. The van der Waals surface area contributed by atoms with Crippen LogP contribution >= 0.6 is 11.6 Å². The molecule has 0 radical (unpaired) electrons. The molecule has 0 aliphatic carbocycles. The van der Waals surface area contributed by atoms with E-state index in [4.69, 9.17) is 11.6 Å². The van der Waals surface area contributed by atoms with Crippen molar-refractivity contribution in [2.24, 2.45) is 0 Å². The fourth-order valence-corrected chi connectivity index (χ4v) is 2.97. The lowest BCUT2D eigenvalue weighted by molar-refractivity contribution is -0.269. The molecule has 0 spiro atoms. The molecule has 6 heteroatoms. The van der Waals surface area contributed by atoms with Gasteiger partial charge in [-0.2, -0.15) is 0 Å². The zero-order chi connectivity index (χ0) is 14.9. The standard InChI is InChI=1S/C14H14ClNO3S/c1-9-10(2)14(17)8-7-13(9)16-20(18,19)12-5-3-11(15)4-6-12/h3-8,16-17H,1-2H3/p-1. The van der Waals surface area contributed by atoms with Gasteiger partial charge >= 0.3 is 0 Å². The van der Waals surface area contributed by atoms with Crippen LogP contribution in [-0.2, 0) is 10.0 Å². The van der Waals surface area contributed by atoms with Crippen LogP contribution in [-0.4, -0.2) is 8.42 Å². The van der Waals surface area contributed by atoms with Crippen LogP contribution in [0.4, 0.5) is 5.69 Å². The van der Waals surface area contributed by atoms with Crippen molar-refractivity contribution in [3.8, 4) is 5.75 Å². The molecule has 20 heavy (non-hydrogen) atoms. The number of nitrogens with one attached hydrogen (secondary N) is 1. The summed E-state index contributed by atoms with van der Waals surface area (Å²) in [6, 6.07) is 8.69. The minimum Gasteiger partial charge on any atom is -0.872 e. The van der Waals surface area contributed by atoms with Crippen LogP contribution in [0, 0.1) is 13.8 Å². The predicted octanol–water partition coefficient (Wildman–Crippen LogP) is 2.83. The normalized spacial score (nSPS) is 11.3. The van der Waals surface area contributed by atoms with Gasteiger partial charge in [-0.25, -0.2) is 8.42 Å². The first-order valence-corrected chi connectivity index (χ1v) is 7.73. The molecule has 0 bridgehead atoms. The Labute approximate surface area is 123 Å². The number of benzene rings is 2. The van der Waals surface area contributed by atoms with Crippen LogP contribution < -0.4 is 9.83 Å². The van der Waals surface area contributed by atoms with Crippen molar-refractivity contribution in [2.75, 3.05) is 4.72 Å². The second kappa shape index (κ2) is 5.34. The number of anilines is 1. The highest BCUT2D eigenvalue weighted by Crippen LogP contribution is 2.26.